The zero-order valence-electron chi connectivity index (χ0n) is 52.8. The molecule has 0 rings (SSSR count). The second-order valence-corrected chi connectivity index (χ2v) is 22.0. The number of hydrogen-bond acceptors (Lipinski definition) is 6. The molecule has 1 unspecified atom stereocenters. The minimum Gasteiger partial charge on any atom is -0.462 e. The van der Waals surface area contributed by atoms with E-state index in [1.165, 1.54) is 122 Å². The molecular weight excluding hydrogens is 997 g/mol. The molecule has 0 bridgehead atoms. The number of rotatable bonds is 60. The van der Waals surface area contributed by atoms with Gasteiger partial charge in [0.2, 0.25) is 0 Å². The van der Waals surface area contributed by atoms with Crippen LogP contribution in [0.1, 0.15) is 303 Å². The van der Waals surface area contributed by atoms with Gasteiger partial charge in [-0.05, 0) is 135 Å². The molecule has 0 aromatic heterocycles. The van der Waals surface area contributed by atoms with Crippen LogP contribution >= 0.6 is 0 Å². The van der Waals surface area contributed by atoms with Gasteiger partial charge in [0.25, 0.3) is 0 Å². The first-order valence-electron chi connectivity index (χ1n) is 33.7. The van der Waals surface area contributed by atoms with Gasteiger partial charge < -0.3 is 14.2 Å². The van der Waals surface area contributed by atoms with Gasteiger partial charge in [0.05, 0.1) is 0 Å². The number of hydrogen-bond donors (Lipinski definition) is 0. The fourth-order valence-corrected chi connectivity index (χ4v) is 9.14. The average Bonchev–Trinajstić information content (AvgIpc) is 3.46. The molecule has 0 heterocycles. The Hall–Kier alpha value is -4.45. The lowest BCUT2D eigenvalue weighted by atomic mass is 10.0. The summed E-state index contributed by atoms with van der Waals surface area (Å²) in [5.41, 5.74) is 0. The molecular formula is C75H124O6. The van der Waals surface area contributed by atoms with Gasteiger partial charge in [-0.15, -0.1) is 0 Å². The Bertz CT molecular complexity index is 1720. The summed E-state index contributed by atoms with van der Waals surface area (Å²) in [7, 11) is 0. The summed E-state index contributed by atoms with van der Waals surface area (Å²) in [6.07, 6.45) is 96.1. The second kappa shape index (κ2) is 68.1. The molecule has 0 saturated heterocycles. The van der Waals surface area contributed by atoms with E-state index in [0.29, 0.717) is 12.8 Å². The summed E-state index contributed by atoms with van der Waals surface area (Å²) in [5, 5.41) is 0. The molecule has 0 fully saturated rings. The van der Waals surface area contributed by atoms with Crippen LogP contribution in [0.15, 0.2) is 134 Å². The molecule has 0 amide bonds. The number of carbonyl (C=O) groups excluding carboxylic acids is 3. The smallest absolute Gasteiger partial charge is 0.306 e. The van der Waals surface area contributed by atoms with Gasteiger partial charge in [-0.3, -0.25) is 14.4 Å². The lowest BCUT2D eigenvalue weighted by molar-refractivity contribution is -0.167. The van der Waals surface area contributed by atoms with Crippen LogP contribution in [0.2, 0.25) is 0 Å². The third-order valence-corrected chi connectivity index (χ3v) is 14.1. The molecule has 0 aliphatic carbocycles. The van der Waals surface area contributed by atoms with E-state index >= 15 is 0 Å². The summed E-state index contributed by atoms with van der Waals surface area (Å²) in [4.78, 5) is 38.3. The predicted molar refractivity (Wildman–Crippen MR) is 353 cm³/mol. The number of unbranched alkanes of at least 4 members (excludes halogenated alkanes) is 27. The molecule has 0 aliphatic rings. The molecule has 6 heteroatoms. The van der Waals surface area contributed by atoms with E-state index in [1.54, 1.807) is 0 Å². The Labute approximate surface area is 500 Å². The number of carbonyl (C=O) groups is 3. The van der Waals surface area contributed by atoms with E-state index in [0.717, 1.165) is 141 Å². The standard InChI is InChI=1S/C75H124O6/c1-4-7-10-13-16-19-22-25-27-29-31-32-33-34-35-36-37-38-39-40-41-42-44-45-47-50-53-56-59-62-65-68-74(77)80-71-72(70-79-73(76)67-64-61-58-55-52-49-24-21-18-15-12-9-6-3)81-75(78)69-66-63-60-57-54-51-48-46-43-30-28-26-23-20-17-14-11-8-5-2/h7-8,10-11,16-17,19-21,24-28,31-32,34-35,43,46,51,54,72H,4-6,9,12-15,18,22-23,29-30,33,36-42,44-45,47-50,52-53,55-71H2,1-3H3/b10-7-,11-8-,19-16-,20-17-,24-21-,27-25-,28-26-,32-31-,35-34-,46-43-,54-51-. The fourth-order valence-electron chi connectivity index (χ4n) is 9.14. The van der Waals surface area contributed by atoms with E-state index in [-0.39, 0.29) is 37.5 Å². The quantitative estimate of drug-likeness (QED) is 0.0261. The Morgan fingerprint density at radius 2 is 0.481 bits per heavy atom. The minimum atomic E-state index is -0.803. The molecule has 0 radical (unpaired) electrons. The highest BCUT2D eigenvalue weighted by molar-refractivity contribution is 5.71. The second-order valence-electron chi connectivity index (χ2n) is 22.0. The molecule has 0 aromatic carbocycles. The summed E-state index contributed by atoms with van der Waals surface area (Å²) in [6.45, 7) is 6.38. The van der Waals surface area contributed by atoms with Crippen molar-refractivity contribution in [3.8, 4) is 0 Å². The van der Waals surface area contributed by atoms with Crippen molar-refractivity contribution < 1.29 is 28.6 Å². The first-order chi connectivity index (χ1) is 40.0. The Balaban J connectivity index is 4.29. The van der Waals surface area contributed by atoms with Crippen molar-refractivity contribution in [1.82, 2.24) is 0 Å². The van der Waals surface area contributed by atoms with Crippen LogP contribution in [0.4, 0.5) is 0 Å². The number of ether oxygens (including phenoxy) is 3. The van der Waals surface area contributed by atoms with Gasteiger partial charge in [-0.2, -0.15) is 0 Å². The molecule has 6 nitrogen and oxygen atoms in total. The van der Waals surface area contributed by atoms with Gasteiger partial charge in [0, 0.05) is 19.3 Å². The minimum absolute atomic E-state index is 0.0957. The van der Waals surface area contributed by atoms with Crippen LogP contribution in [0.25, 0.3) is 0 Å². The molecule has 0 saturated carbocycles. The van der Waals surface area contributed by atoms with Crippen LogP contribution in [-0.2, 0) is 28.6 Å². The van der Waals surface area contributed by atoms with Crippen molar-refractivity contribution in [3.63, 3.8) is 0 Å². The van der Waals surface area contributed by atoms with E-state index in [1.807, 2.05) is 0 Å². The molecule has 0 N–H and O–H groups in total. The predicted octanol–water partition coefficient (Wildman–Crippen LogP) is 23.3. The zero-order valence-corrected chi connectivity index (χ0v) is 52.8. The zero-order chi connectivity index (χ0) is 58.5. The topological polar surface area (TPSA) is 78.9 Å². The lowest BCUT2D eigenvalue weighted by Crippen LogP contribution is -2.30. The molecule has 0 aromatic rings. The molecule has 0 spiro atoms. The van der Waals surface area contributed by atoms with Crippen molar-refractivity contribution in [2.45, 2.75) is 309 Å². The van der Waals surface area contributed by atoms with Crippen molar-refractivity contribution in [2.75, 3.05) is 13.2 Å². The van der Waals surface area contributed by atoms with E-state index in [9.17, 15) is 14.4 Å². The monoisotopic (exact) mass is 1120 g/mol. The van der Waals surface area contributed by atoms with Gasteiger partial charge in [0.1, 0.15) is 13.2 Å². The SMILES string of the molecule is CC/C=C\C/C=C\C/C=C\C/C=C\C/C=C\CCCCCCCCCCCCCCCCCC(=O)OCC(COC(=O)CCCCCCC/C=C\CCCCCC)OC(=O)CCCCC/C=C\C/C=C\C/C=C\C/C=C\C/C=C\CC. The molecule has 1 atom stereocenters. The van der Waals surface area contributed by atoms with Crippen molar-refractivity contribution in [2.24, 2.45) is 0 Å². The summed E-state index contributed by atoms with van der Waals surface area (Å²) < 4.78 is 16.9. The van der Waals surface area contributed by atoms with Crippen LogP contribution in [0, 0.1) is 0 Å². The van der Waals surface area contributed by atoms with E-state index in [4.69, 9.17) is 14.2 Å². The Morgan fingerprint density at radius 3 is 0.778 bits per heavy atom. The Morgan fingerprint density at radius 1 is 0.259 bits per heavy atom. The maximum atomic E-state index is 12.9. The van der Waals surface area contributed by atoms with Crippen molar-refractivity contribution in [1.29, 1.82) is 0 Å². The van der Waals surface area contributed by atoms with Crippen LogP contribution in [0.5, 0.6) is 0 Å². The summed E-state index contributed by atoms with van der Waals surface area (Å²) in [5.74, 6) is -0.932. The average molecular weight is 1120 g/mol. The van der Waals surface area contributed by atoms with Crippen LogP contribution < -0.4 is 0 Å². The van der Waals surface area contributed by atoms with Gasteiger partial charge >= 0.3 is 17.9 Å². The highest BCUT2D eigenvalue weighted by Gasteiger charge is 2.19. The number of allylic oxidation sites excluding steroid dienone is 22. The first kappa shape index (κ1) is 76.5. The lowest BCUT2D eigenvalue weighted by Gasteiger charge is -2.18. The molecule has 81 heavy (non-hydrogen) atoms. The maximum Gasteiger partial charge on any atom is 0.306 e. The van der Waals surface area contributed by atoms with E-state index in [2.05, 4.69) is 154 Å². The number of esters is 3. The highest BCUT2D eigenvalue weighted by Crippen LogP contribution is 2.16. The fraction of sp³-hybridized carbons (Fsp3) is 0.667. The van der Waals surface area contributed by atoms with Crippen LogP contribution in [0.3, 0.4) is 0 Å². The third kappa shape index (κ3) is 66.2. The maximum absolute atomic E-state index is 12.9. The first-order valence-corrected chi connectivity index (χ1v) is 33.7. The van der Waals surface area contributed by atoms with Gasteiger partial charge in [-0.25, -0.2) is 0 Å². The van der Waals surface area contributed by atoms with Gasteiger partial charge in [0.15, 0.2) is 6.10 Å². The molecule has 460 valence electrons. The molecule has 0 aliphatic heterocycles. The Kier molecular flexibility index (Phi) is 64.3. The summed E-state index contributed by atoms with van der Waals surface area (Å²) in [6, 6.07) is 0. The van der Waals surface area contributed by atoms with Crippen molar-refractivity contribution in [3.05, 3.63) is 134 Å². The summed E-state index contributed by atoms with van der Waals surface area (Å²) >= 11 is 0. The largest absolute Gasteiger partial charge is 0.462 e. The van der Waals surface area contributed by atoms with E-state index < -0.39 is 6.10 Å². The third-order valence-electron chi connectivity index (χ3n) is 14.1. The van der Waals surface area contributed by atoms with Crippen molar-refractivity contribution >= 4 is 17.9 Å². The normalized spacial score (nSPS) is 13.0. The highest BCUT2D eigenvalue weighted by atomic mass is 16.6. The van der Waals surface area contributed by atoms with Crippen LogP contribution in [-0.4, -0.2) is 37.2 Å². The van der Waals surface area contributed by atoms with Gasteiger partial charge in [-0.1, -0.05) is 283 Å².